The highest BCUT2D eigenvalue weighted by Gasteiger charge is 2.25. The van der Waals surface area contributed by atoms with Crippen LogP contribution in [0.1, 0.15) is 29.7 Å². The Kier molecular flexibility index (Phi) is 4.46. The topological polar surface area (TPSA) is 43.1 Å². The maximum absolute atomic E-state index is 13.2. The van der Waals surface area contributed by atoms with E-state index in [0.717, 1.165) is 58.1 Å². The van der Waals surface area contributed by atoms with Crippen molar-refractivity contribution in [3.63, 3.8) is 0 Å². The average Bonchev–Trinajstić information content (AvgIpc) is 2.84. The van der Waals surface area contributed by atoms with Crippen LogP contribution in [0.3, 0.4) is 0 Å². The third kappa shape index (κ3) is 3.05. The second-order valence-corrected chi connectivity index (χ2v) is 8.22. The monoisotopic (exact) mass is 415 g/mol. The minimum Gasteiger partial charge on any atom is -0.422 e. The Morgan fingerprint density at radius 2 is 1.53 bits per heavy atom. The van der Waals surface area contributed by atoms with Gasteiger partial charge in [0.05, 0.1) is 16.6 Å². The lowest BCUT2D eigenvalue weighted by Gasteiger charge is -2.23. The fraction of sp³-hybridized carbons (Fsp3) is 0.103. The van der Waals surface area contributed by atoms with Crippen LogP contribution in [0.15, 0.2) is 94.1 Å². The molecule has 0 amide bonds. The van der Waals surface area contributed by atoms with Gasteiger partial charge in [0.1, 0.15) is 5.58 Å². The van der Waals surface area contributed by atoms with Crippen molar-refractivity contribution < 1.29 is 4.42 Å². The van der Waals surface area contributed by atoms with E-state index in [4.69, 9.17) is 9.40 Å². The minimum absolute atomic E-state index is 0.327. The number of allylic oxidation sites excluding steroid dienone is 1. The van der Waals surface area contributed by atoms with Gasteiger partial charge >= 0.3 is 5.63 Å². The first kappa shape index (κ1) is 18.8. The molecule has 0 spiro atoms. The van der Waals surface area contributed by atoms with E-state index in [1.54, 1.807) is 0 Å². The highest BCUT2D eigenvalue weighted by molar-refractivity contribution is 6.09. The van der Waals surface area contributed by atoms with E-state index in [2.05, 4.69) is 42.5 Å². The zero-order valence-corrected chi connectivity index (χ0v) is 17.5. The number of hydrogen-bond acceptors (Lipinski definition) is 3. The summed E-state index contributed by atoms with van der Waals surface area (Å²) in [5.74, 6) is 0. The molecule has 6 rings (SSSR count). The largest absolute Gasteiger partial charge is 0.422 e. The summed E-state index contributed by atoms with van der Waals surface area (Å²) < 4.78 is 5.74. The lowest BCUT2D eigenvalue weighted by Crippen LogP contribution is -2.12. The van der Waals surface area contributed by atoms with Gasteiger partial charge in [-0.2, -0.15) is 0 Å². The number of para-hydroxylation sites is 1. The second kappa shape index (κ2) is 7.61. The van der Waals surface area contributed by atoms with Crippen LogP contribution in [0, 0.1) is 0 Å². The fourth-order valence-electron chi connectivity index (χ4n) is 4.82. The number of benzene rings is 3. The van der Waals surface area contributed by atoms with E-state index in [1.807, 2.05) is 48.5 Å². The van der Waals surface area contributed by atoms with Gasteiger partial charge in [-0.1, -0.05) is 72.8 Å². The van der Waals surface area contributed by atoms with Crippen molar-refractivity contribution in [2.45, 2.75) is 19.3 Å². The van der Waals surface area contributed by atoms with Crippen LogP contribution in [-0.2, 0) is 6.42 Å². The quantitative estimate of drug-likeness (QED) is 0.233. The van der Waals surface area contributed by atoms with E-state index in [9.17, 15) is 4.79 Å². The molecule has 2 heterocycles. The summed E-state index contributed by atoms with van der Waals surface area (Å²) in [5.41, 5.74) is 7.47. The van der Waals surface area contributed by atoms with Crippen LogP contribution in [0.4, 0.5) is 0 Å². The lowest BCUT2D eigenvalue weighted by molar-refractivity contribution is 0.569. The van der Waals surface area contributed by atoms with Crippen LogP contribution in [0.5, 0.6) is 0 Å². The summed E-state index contributed by atoms with van der Waals surface area (Å²) in [6, 6.07) is 28.2. The summed E-state index contributed by atoms with van der Waals surface area (Å²) >= 11 is 0. The van der Waals surface area contributed by atoms with Gasteiger partial charge in [-0.15, -0.1) is 0 Å². The molecule has 3 aromatic carbocycles. The molecular weight excluding hydrogens is 394 g/mol. The van der Waals surface area contributed by atoms with Gasteiger partial charge in [0.15, 0.2) is 0 Å². The Balaban J connectivity index is 1.76. The molecule has 0 saturated heterocycles. The third-order valence-corrected chi connectivity index (χ3v) is 6.23. The number of pyridine rings is 1. The Labute approximate surface area is 185 Å². The summed E-state index contributed by atoms with van der Waals surface area (Å²) in [6.07, 6.45) is 5.12. The van der Waals surface area contributed by atoms with Crippen LogP contribution in [-0.4, -0.2) is 4.98 Å². The minimum atomic E-state index is -0.327. The van der Waals surface area contributed by atoms with Crippen molar-refractivity contribution in [3.8, 4) is 11.1 Å². The van der Waals surface area contributed by atoms with E-state index >= 15 is 0 Å². The first-order valence-corrected chi connectivity index (χ1v) is 11.0. The molecule has 5 aromatic rings. The molecule has 0 saturated carbocycles. The molecule has 0 fully saturated rings. The second-order valence-electron chi connectivity index (χ2n) is 8.22. The standard InChI is InChI=1S/C29H21NO2/c31-29-26-25(20-12-5-2-6-13-20)23-16-9-14-21(18-19-10-3-1-4-11-19)27(23)30-28(26)22-15-7-8-17-24(22)32-29/h1-8,10-13,15,17-18H,9,14,16H2/b21-18+. The average molecular weight is 415 g/mol. The lowest BCUT2D eigenvalue weighted by atomic mass is 9.84. The van der Waals surface area contributed by atoms with Crippen LogP contribution < -0.4 is 5.63 Å². The first-order chi connectivity index (χ1) is 15.8. The normalized spacial score (nSPS) is 14.7. The van der Waals surface area contributed by atoms with Gasteiger partial charge < -0.3 is 4.42 Å². The molecular formula is C29H21NO2. The molecule has 1 aliphatic carbocycles. The molecule has 3 nitrogen and oxygen atoms in total. The summed E-state index contributed by atoms with van der Waals surface area (Å²) in [6.45, 7) is 0. The van der Waals surface area contributed by atoms with E-state index in [1.165, 1.54) is 5.57 Å². The Morgan fingerprint density at radius 1 is 0.812 bits per heavy atom. The summed E-state index contributed by atoms with van der Waals surface area (Å²) in [4.78, 5) is 18.4. The zero-order valence-electron chi connectivity index (χ0n) is 17.5. The molecule has 2 aromatic heterocycles. The molecule has 3 heteroatoms. The molecule has 0 unspecified atom stereocenters. The maximum Gasteiger partial charge on any atom is 0.346 e. The van der Waals surface area contributed by atoms with Gasteiger partial charge in [-0.25, -0.2) is 9.78 Å². The molecule has 154 valence electrons. The highest BCUT2D eigenvalue weighted by Crippen LogP contribution is 2.41. The number of rotatable bonds is 2. The van der Waals surface area contributed by atoms with Crippen LogP contribution in [0.25, 0.3) is 44.6 Å². The predicted molar refractivity (Wildman–Crippen MR) is 130 cm³/mol. The SMILES string of the molecule is O=c1oc2ccccc2c2nc3c(c(-c4ccccc4)c12)CCC/C3=C\c1ccccc1. The van der Waals surface area contributed by atoms with Crippen molar-refractivity contribution in [1.82, 2.24) is 4.98 Å². The highest BCUT2D eigenvalue weighted by atomic mass is 16.4. The van der Waals surface area contributed by atoms with Crippen molar-refractivity contribution in [1.29, 1.82) is 0 Å². The Bertz CT molecular complexity index is 1550. The molecule has 0 atom stereocenters. The summed E-state index contributed by atoms with van der Waals surface area (Å²) in [7, 11) is 0. The van der Waals surface area contributed by atoms with Crippen LogP contribution in [0.2, 0.25) is 0 Å². The van der Waals surface area contributed by atoms with Gasteiger partial charge in [-0.05, 0) is 59.7 Å². The van der Waals surface area contributed by atoms with Crippen molar-refractivity contribution >= 4 is 33.5 Å². The number of nitrogens with zero attached hydrogens (tertiary/aromatic N) is 1. The van der Waals surface area contributed by atoms with E-state index in [0.29, 0.717) is 11.0 Å². The number of fused-ring (bicyclic) bond motifs is 4. The molecule has 0 aliphatic heterocycles. The molecule has 1 aliphatic rings. The van der Waals surface area contributed by atoms with Gasteiger partial charge in [0, 0.05) is 10.9 Å². The third-order valence-electron chi connectivity index (χ3n) is 6.23. The summed E-state index contributed by atoms with van der Waals surface area (Å²) in [5, 5.41) is 1.45. The van der Waals surface area contributed by atoms with E-state index in [-0.39, 0.29) is 5.63 Å². The molecule has 0 radical (unpaired) electrons. The van der Waals surface area contributed by atoms with Gasteiger partial charge in [0.25, 0.3) is 0 Å². The van der Waals surface area contributed by atoms with Crippen molar-refractivity contribution in [2.75, 3.05) is 0 Å². The molecule has 0 N–H and O–H groups in total. The van der Waals surface area contributed by atoms with Crippen LogP contribution >= 0.6 is 0 Å². The van der Waals surface area contributed by atoms with Gasteiger partial charge in [0.2, 0.25) is 0 Å². The van der Waals surface area contributed by atoms with Crippen molar-refractivity contribution in [2.24, 2.45) is 0 Å². The maximum atomic E-state index is 13.2. The van der Waals surface area contributed by atoms with Gasteiger partial charge in [-0.3, -0.25) is 0 Å². The zero-order chi connectivity index (χ0) is 21.5. The Morgan fingerprint density at radius 3 is 2.34 bits per heavy atom. The number of aromatic nitrogens is 1. The predicted octanol–water partition coefficient (Wildman–Crippen LogP) is 6.89. The smallest absolute Gasteiger partial charge is 0.346 e. The Hall–Kier alpha value is -3.98. The number of hydrogen-bond donors (Lipinski definition) is 0. The fourth-order valence-corrected chi connectivity index (χ4v) is 4.82. The first-order valence-electron chi connectivity index (χ1n) is 11.0. The van der Waals surface area contributed by atoms with Crippen molar-refractivity contribution in [3.05, 3.63) is 112 Å². The van der Waals surface area contributed by atoms with E-state index < -0.39 is 0 Å². The molecule has 32 heavy (non-hydrogen) atoms. The molecule has 0 bridgehead atoms.